The minimum absolute atomic E-state index is 0.169. The first-order valence-corrected chi connectivity index (χ1v) is 6.57. The third-order valence-corrected chi connectivity index (χ3v) is 3.51. The lowest BCUT2D eigenvalue weighted by atomic mass is 9.81. The third kappa shape index (κ3) is 3.97. The van der Waals surface area contributed by atoms with E-state index >= 15 is 0 Å². The van der Waals surface area contributed by atoms with E-state index in [4.69, 9.17) is 5.41 Å². The molecule has 21 heavy (non-hydrogen) atoms. The van der Waals surface area contributed by atoms with Crippen LogP contribution in [0.3, 0.4) is 0 Å². The number of hydrogen-bond acceptors (Lipinski definition) is 2. The van der Waals surface area contributed by atoms with E-state index in [-0.39, 0.29) is 17.0 Å². The van der Waals surface area contributed by atoms with Crippen molar-refractivity contribution in [2.75, 3.05) is 5.32 Å². The Morgan fingerprint density at radius 1 is 1.43 bits per heavy atom. The molecule has 3 nitrogen and oxygen atoms in total. The normalized spacial score (nSPS) is 14.1. The van der Waals surface area contributed by atoms with Gasteiger partial charge in [-0.1, -0.05) is 18.2 Å². The standard InChI is InChI=1S/C16H20F2N2O/c1-5-9-15(3,11(2)19)14(21)20-13-8-6-7-12(10-13)16(4,17)18/h5-8,10,19H,1,9H2,2-4H3,(H,20,21). The van der Waals surface area contributed by atoms with E-state index in [1.165, 1.54) is 18.2 Å². The van der Waals surface area contributed by atoms with Gasteiger partial charge in [-0.15, -0.1) is 6.58 Å². The van der Waals surface area contributed by atoms with Gasteiger partial charge in [0, 0.05) is 23.9 Å². The van der Waals surface area contributed by atoms with Gasteiger partial charge in [0.25, 0.3) is 5.92 Å². The number of rotatable bonds is 6. The van der Waals surface area contributed by atoms with Crippen molar-refractivity contribution in [3.8, 4) is 0 Å². The highest BCUT2D eigenvalue weighted by Gasteiger charge is 2.34. The summed E-state index contributed by atoms with van der Waals surface area (Å²) in [7, 11) is 0. The van der Waals surface area contributed by atoms with Crippen molar-refractivity contribution < 1.29 is 13.6 Å². The van der Waals surface area contributed by atoms with Crippen LogP contribution in [0, 0.1) is 10.8 Å². The number of halogens is 2. The van der Waals surface area contributed by atoms with Crippen molar-refractivity contribution in [2.45, 2.75) is 33.1 Å². The van der Waals surface area contributed by atoms with E-state index in [0.717, 1.165) is 6.92 Å². The molecule has 0 saturated heterocycles. The first kappa shape index (κ1) is 17.0. The van der Waals surface area contributed by atoms with Crippen LogP contribution in [0.5, 0.6) is 0 Å². The average Bonchev–Trinajstić information content (AvgIpc) is 2.37. The lowest BCUT2D eigenvalue weighted by Gasteiger charge is -2.26. The van der Waals surface area contributed by atoms with Crippen LogP contribution >= 0.6 is 0 Å². The summed E-state index contributed by atoms with van der Waals surface area (Å²) in [6, 6.07) is 5.55. The number of alkyl halides is 2. The molecule has 0 aliphatic heterocycles. The largest absolute Gasteiger partial charge is 0.325 e. The smallest absolute Gasteiger partial charge is 0.270 e. The third-order valence-electron chi connectivity index (χ3n) is 3.51. The maximum absolute atomic E-state index is 13.3. The van der Waals surface area contributed by atoms with Crippen LogP contribution in [0.4, 0.5) is 14.5 Å². The Balaban J connectivity index is 3.02. The molecule has 0 aromatic heterocycles. The lowest BCUT2D eigenvalue weighted by molar-refractivity contribution is -0.121. The summed E-state index contributed by atoms with van der Waals surface area (Å²) in [5.41, 5.74) is -0.725. The van der Waals surface area contributed by atoms with Gasteiger partial charge in [-0.2, -0.15) is 0 Å². The zero-order valence-corrected chi connectivity index (χ0v) is 12.5. The van der Waals surface area contributed by atoms with Crippen molar-refractivity contribution in [2.24, 2.45) is 5.41 Å². The summed E-state index contributed by atoms with van der Waals surface area (Å²) in [6.07, 6.45) is 1.87. The summed E-state index contributed by atoms with van der Waals surface area (Å²) < 4.78 is 26.6. The van der Waals surface area contributed by atoms with Crippen molar-refractivity contribution in [1.82, 2.24) is 0 Å². The van der Waals surface area contributed by atoms with E-state index in [1.54, 1.807) is 26.0 Å². The molecule has 0 saturated carbocycles. The Kier molecular flexibility index (Phi) is 4.99. The maximum atomic E-state index is 13.3. The highest BCUT2D eigenvalue weighted by Crippen LogP contribution is 2.30. The predicted molar refractivity (Wildman–Crippen MR) is 81.0 cm³/mol. The Hall–Kier alpha value is -2.04. The van der Waals surface area contributed by atoms with Crippen LogP contribution in [0.1, 0.15) is 32.8 Å². The fourth-order valence-corrected chi connectivity index (χ4v) is 1.84. The van der Waals surface area contributed by atoms with Crippen LogP contribution < -0.4 is 5.32 Å². The van der Waals surface area contributed by atoms with E-state index in [0.29, 0.717) is 6.42 Å². The highest BCUT2D eigenvalue weighted by atomic mass is 19.3. The van der Waals surface area contributed by atoms with Gasteiger partial charge in [0.1, 0.15) is 0 Å². The van der Waals surface area contributed by atoms with Gasteiger partial charge in [-0.25, -0.2) is 8.78 Å². The Morgan fingerprint density at radius 3 is 2.52 bits per heavy atom. The molecule has 1 unspecified atom stereocenters. The maximum Gasteiger partial charge on any atom is 0.270 e. The zero-order valence-electron chi connectivity index (χ0n) is 12.5. The highest BCUT2D eigenvalue weighted by molar-refractivity contribution is 6.11. The molecule has 0 fully saturated rings. The van der Waals surface area contributed by atoms with E-state index in [2.05, 4.69) is 11.9 Å². The predicted octanol–water partition coefficient (Wildman–Crippen LogP) is 4.36. The molecule has 0 spiro atoms. The summed E-state index contributed by atoms with van der Waals surface area (Å²) in [6.45, 7) is 7.56. The van der Waals surface area contributed by atoms with Crippen molar-refractivity contribution in [3.63, 3.8) is 0 Å². The van der Waals surface area contributed by atoms with Gasteiger partial charge >= 0.3 is 0 Å². The quantitative estimate of drug-likeness (QED) is 0.594. The Bertz CT molecular complexity index is 564. The minimum atomic E-state index is -2.97. The number of benzene rings is 1. The van der Waals surface area contributed by atoms with Gasteiger partial charge in [-0.3, -0.25) is 4.79 Å². The molecule has 0 aliphatic carbocycles. The van der Waals surface area contributed by atoms with E-state index in [1.807, 2.05) is 0 Å². The topological polar surface area (TPSA) is 53.0 Å². The molecule has 1 rings (SSSR count). The van der Waals surface area contributed by atoms with Crippen LogP contribution in [0.15, 0.2) is 36.9 Å². The Morgan fingerprint density at radius 2 is 2.05 bits per heavy atom. The lowest BCUT2D eigenvalue weighted by Crippen LogP contribution is -2.38. The molecular formula is C16H20F2N2O. The first-order chi connectivity index (χ1) is 9.61. The molecule has 5 heteroatoms. The molecule has 114 valence electrons. The van der Waals surface area contributed by atoms with Crippen LogP contribution in [0.2, 0.25) is 0 Å². The van der Waals surface area contributed by atoms with Crippen molar-refractivity contribution >= 4 is 17.3 Å². The number of amides is 1. The molecule has 0 bridgehead atoms. The summed E-state index contributed by atoms with van der Waals surface area (Å²) >= 11 is 0. The Labute approximate surface area is 123 Å². The number of anilines is 1. The molecule has 0 heterocycles. The number of carbonyl (C=O) groups excluding carboxylic acids is 1. The molecule has 1 aromatic rings. The number of allylic oxidation sites excluding steroid dienone is 1. The SMILES string of the molecule is C=CCC(C)(C(C)=N)C(=O)Nc1cccc(C(C)(F)F)c1. The molecule has 0 radical (unpaired) electrons. The zero-order chi connectivity index (χ0) is 16.3. The summed E-state index contributed by atoms with van der Waals surface area (Å²) in [5.74, 6) is -3.38. The molecule has 1 aromatic carbocycles. The number of nitrogens with one attached hydrogen (secondary N) is 2. The summed E-state index contributed by atoms with van der Waals surface area (Å²) in [5, 5.41) is 10.4. The summed E-state index contributed by atoms with van der Waals surface area (Å²) in [4.78, 5) is 12.3. The second-order valence-electron chi connectivity index (χ2n) is 5.37. The van der Waals surface area contributed by atoms with Gasteiger partial charge in [0.2, 0.25) is 5.91 Å². The fourth-order valence-electron chi connectivity index (χ4n) is 1.84. The van der Waals surface area contributed by atoms with Gasteiger partial charge in [0.05, 0.1) is 5.41 Å². The molecule has 2 N–H and O–H groups in total. The minimum Gasteiger partial charge on any atom is -0.325 e. The van der Waals surface area contributed by atoms with Crippen LogP contribution in [-0.2, 0) is 10.7 Å². The monoisotopic (exact) mass is 294 g/mol. The van der Waals surface area contributed by atoms with Crippen LogP contribution in [-0.4, -0.2) is 11.6 Å². The van der Waals surface area contributed by atoms with E-state index in [9.17, 15) is 13.6 Å². The number of carbonyl (C=O) groups is 1. The fraction of sp³-hybridized carbons (Fsp3) is 0.375. The van der Waals surface area contributed by atoms with E-state index < -0.39 is 17.2 Å². The first-order valence-electron chi connectivity index (χ1n) is 6.57. The van der Waals surface area contributed by atoms with Gasteiger partial charge in [-0.05, 0) is 32.4 Å². The second kappa shape index (κ2) is 6.16. The molecular weight excluding hydrogens is 274 g/mol. The van der Waals surface area contributed by atoms with Crippen LogP contribution in [0.25, 0.3) is 0 Å². The van der Waals surface area contributed by atoms with Crippen molar-refractivity contribution in [1.29, 1.82) is 5.41 Å². The molecule has 0 aliphatic rings. The van der Waals surface area contributed by atoms with Gasteiger partial charge < -0.3 is 10.7 Å². The second-order valence-corrected chi connectivity index (χ2v) is 5.37. The van der Waals surface area contributed by atoms with Gasteiger partial charge in [0.15, 0.2) is 0 Å². The average molecular weight is 294 g/mol. The number of hydrogen-bond donors (Lipinski definition) is 2. The molecule has 1 atom stereocenters. The molecule has 1 amide bonds. The van der Waals surface area contributed by atoms with Crippen molar-refractivity contribution in [3.05, 3.63) is 42.5 Å².